The molecule has 0 bridgehead atoms. The first-order valence-corrected chi connectivity index (χ1v) is 13.1. The minimum atomic E-state index is -0.820. The lowest BCUT2D eigenvalue weighted by molar-refractivity contribution is -0.133. The molecule has 36 heavy (non-hydrogen) atoms. The lowest BCUT2D eigenvalue weighted by Gasteiger charge is -2.27. The molecule has 0 saturated carbocycles. The van der Waals surface area contributed by atoms with Crippen LogP contribution in [0.15, 0.2) is 77.7 Å². The maximum atomic E-state index is 11.7. The minimum Gasteiger partial charge on any atom is -0.478 e. The fraction of sp³-hybridized carbons (Fsp3) is 0.452. The Balaban J connectivity index is 0. The molecule has 5 nitrogen and oxygen atoms in total. The Morgan fingerprint density at radius 2 is 1.67 bits per heavy atom. The highest BCUT2D eigenvalue weighted by Crippen LogP contribution is 2.33. The minimum absolute atomic E-state index is 0.0226. The van der Waals surface area contributed by atoms with Crippen LogP contribution in [0.3, 0.4) is 0 Å². The van der Waals surface area contributed by atoms with E-state index in [2.05, 4.69) is 30.4 Å². The molecule has 0 spiro atoms. The van der Waals surface area contributed by atoms with Crippen molar-refractivity contribution in [2.24, 2.45) is 11.7 Å². The third kappa shape index (κ3) is 13.1. The summed E-state index contributed by atoms with van der Waals surface area (Å²) in [6, 6.07) is 8.20. The van der Waals surface area contributed by atoms with Crippen molar-refractivity contribution in [1.82, 2.24) is 5.32 Å². The summed E-state index contributed by atoms with van der Waals surface area (Å²) in [6.45, 7) is 16.6. The number of carbonyl (C=O) groups is 1. The van der Waals surface area contributed by atoms with E-state index in [4.69, 9.17) is 10.8 Å². The highest BCUT2D eigenvalue weighted by molar-refractivity contribution is 5.87. The van der Waals surface area contributed by atoms with Crippen LogP contribution in [-0.4, -0.2) is 22.8 Å². The molecule has 0 saturated heterocycles. The first-order chi connectivity index (χ1) is 17.4. The number of hydrogen-bond acceptors (Lipinski definition) is 4. The molecule has 0 fully saturated rings. The molecule has 1 unspecified atom stereocenters. The van der Waals surface area contributed by atoms with Crippen molar-refractivity contribution >= 4 is 11.5 Å². The number of aliphatic carboxylic acids is 1. The van der Waals surface area contributed by atoms with E-state index in [0.717, 1.165) is 35.2 Å². The first kappa shape index (κ1) is 35.1. The second-order valence-electron chi connectivity index (χ2n) is 7.64. The molecule has 0 heterocycles. The molecule has 5 N–H and O–H groups in total. The van der Waals surface area contributed by atoms with Crippen molar-refractivity contribution in [3.8, 4) is 0 Å². The maximum absolute atomic E-state index is 11.7. The highest BCUT2D eigenvalue weighted by Gasteiger charge is 2.25. The number of carboxylic acids is 1. The zero-order chi connectivity index (χ0) is 27.9. The van der Waals surface area contributed by atoms with Crippen LogP contribution in [0.1, 0.15) is 85.8 Å². The number of hydrogen-bond donors (Lipinski definition) is 4. The monoisotopic (exact) mass is 498 g/mol. The number of nitrogens with two attached hydrogens (primary N) is 1. The van der Waals surface area contributed by atoms with Gasteiger partial charge in [0.05, 0.1) is 12.2 Å². The Morgan fingerprint density at radius 3 is 2.11 bits per heavy atom. The summed E-state index contributed by atoms with van der Waals surface area (Å²) in [5, 5.41) is 21.9. The second-order valence-corrected chi connectivity index (χ2v) is 7.64. The predicted molar refractivity (Wildman–Crippen MR) is 156 cm³/mol. The molecule has 0 radical (unpaired) electrons. The highest BCUT2D eigenvalue weighted by atomic mass is 16.4. The van der Waals surface area contributed by atoms with Crippen molar-refractivity contribution in [2.45, 2.75) is 81.2 Å². The van der Waals surface area contributed by atoms with Crippen molar-refractivity contribution < 1.29 is 15.0 Å². The van der Waals surface area contributed by atoms with Gasteiger partial charge in [0.15, 0.2) is 0 Å². The van der Waals surface area contributed by atoms with Crippen molar-refractivity contribution in [3.05, 3.63) is 88.8 Å². The summed E-state index contributed by atoms with van der Waals surface area (Å²) in [6.07, 6.45) is 13.3. The van der Waals surface area contributed by atoms with Crippen LogP contribution in [0.2, 0.25) is 0 Å². The van der Waals surface area contributed by atoms with Gasteiger partial charge in [-0.25, -0.2) is 4.79 Å². The van der Waals surface area contributed by atoms with Crippen LogP contribution in [0.5, 0.6) is 0 Å². The number of benzene rings is 1. The van der Waals surface area contributed by atoms with Crippen molar-refractivity contribution in [2.75, 3.05) is 6.61 Å². The molecule has 0 aromatic heterocycles. The number of carboxylic acid groups (broad SMARTS) is 1. The SMILES string of the molecule is C/C=C(\C=C/CO)c1ccc(CNC2=C(C(=O)O)CC(/C(C)=C/C)CC2)cc1.C/C=C\N.CC.CC. The van der Waals surface area contributed by atoms with Gasteiger partial charge < -0.3 is 21.3 Å². The molecule has 1 aliphatic carbocycles. The summed E-state index contributed by atoms with van der Waals surface area (Å²) < 4.78 is 0. The average molecular weight is 499 g/mol. The third-order valence-corrected chi connectivity index (χ3v) is 5.61. The van der Waals surface area contributed by atoms with E-state index in [9.17, 15) is 9.90 Å². The van der Waals surface area contributed by atoms with Crippen LogP contribution < -0.4 is 11.1 Å². The Kier molecular flexibility index (Phi) is 21.9. The van der Waals surface area contributed by atoms with Crippen molar-refractivity contribution in [1.29, 1.82) is 0 Å². The quantitative estimate of drug-likeness (QED) is 0.222. The second kappa shape index (κ2) is 22.4. The van der Waals surface area contributed by atoms with Crippen LogP contribution in [0.4, 0.5) is 0 Å². The van der Waals surface area contributed by atoms with Gasteiger partial charge in [0.1, 0.15) is 0 Å². The molecule has 1 aromatic rings. The van der Waals surface area contributed by atoms with Crippen LogP contribution in [0, 0.1) is 5.92 Å². The maximum Gasteiger partial charge on any atom is 0.333 e. The third-order valence-electron chi connectivity index (χ3n) is 5.61. The van der Waals surface area contributed by atoms with Crippen LogP contribution in [0.25, 0.3) is 5.57 Å². The number of rotatable bonds is 8. The summed E-state index contributed by atoms with van der Waals surface area (Å²) in [5.41, 5.74) is 10.7. The van der Waals surface area contributed by atoms with E-state index in [1.165, 1.54) is 11.8 Å². The lowest BCUT2D eigenvalue weighted by Crippen LogP contribution is -2.24. The number of nitrogens with one attached hydrogen (secondary N) is 1. The van der Waals surface area contributed by atoms with E-state index in [1.807, 2.05) is 72.8 Å². The predicted octanol–water partition coefficient (Wildman–Crippen LogP) is 7.36. The largest absolute Gasteiger partial charge is 0.478 e. The molecular weight excluding hydrogens is 448 g/mol. The molecule has 1 aliphatic rings. The molecule has 1 atom stereocenters. The molecule has 2 rings (SSSR count). The fourth-order valence-electron chi connectivity index (χ4n) is 3.54. The van der Waals surface area contributed by atoms with Gasteiger partial charge in [0.2, 0.25) is 0 Å². The molecule has 1 aromatic carbocycles. The number of allylic oxidation sites excluding steroid dienone is 7. The normalized spacial score (nSPS) is 15.9. The summed E-state index contributed by atoms with van der Waals surface area (Å²) in [4.78, 5) is 11.7. The number of aliphatic hydroxyl groups excluding tert-OH is 1. The molecule has 0 amide bonds. The summed E-state index contributed by atoms with van der Waals surface area (Å²) in [7, 11) is 0. The van der Waals surface area contributed by atoms with Gasteiger partial charge in [-0.3, -0.25) is 0 Å². The topological polar surface area (TPSA) is 95.6 Å². The smallest absolute Gasteiger partial charge is 0.333 e. The van der Waals surface area contributed by atoms with Gasteiger partial charge >= 0.3 is 5.97 Å². The van der Waals surface area contributed by atoms with E-state index < -0.39 is 5.97 Å². The Hall–Kier alpha value is -3.05. The number of aliphatic hydroxyl groups is 1. The van der Waals surface area contributed by atoms with E-state index >= 15 is 0 Å². The first-order valence-electron chi connectivity index (χ1n) is 13.1. The van der Waals surface area contributed by atoms with Gasteiger partial charge in [-0.2, -0.15) is 0 Å². The van der Waals surface area contributed by atoms with Gasteiger partial charge in [-0.05, 0) is 75.8 Å². The lowest BCUT2D eigenvalue weighted by atomic mass is 9.82. The zero-order valence-electron chi connectivity index (χ0n) is 23.8. The van der Waals surface area contributed by atoms with Gasteiger partial charge in [-0.15, -0.1) is 0 Å². The molecular formula is C31H50N2O3. The van der Waals surface area contributed by atoms with E-state index in [0.29, 0.717) is 24.5 Å². The zero-order valence-corrected chi connectivity index (χ0v) is 23.8. The van der Waals surface area contributed by atoms with E-state index in [1.54, 1.807) is 12.2 Å². The van der Waals surface area contributed by atoms with Gasteiger partial charge in [0.25, 0.3) is 0 Å². The van der Waals surface area contributed by atoms with Crippen LogP contribution >= 0.6 is 0 Å². The Bertz CT molecular complexity index is 872. The Labute approximate surface area is 220 Å². The standard InChI is InChI=1S/C24H31NO3.C3H7N.2C2H6/c1-4-17(3)21-12-13-23(22(15-21)24(27)28)25-16-18-8-10-20(11-9-18)19(5-2)7-6-14-26;1-2-3-4;2*1-2/h4-11,21,25-26H,12-16H2,1-3H3,(H,27,28);2-3H,4H2,1H3;2*1-2H3/b7-6-,17-4+,19-5+;3-2-;;. The molecule has 202 valence electrons. The van der Waals surface area contributed by atoms with Crippen LogP contribution in [-0.2, 0) is 11.3 Å². The van der Waals surface area contributed by atoms with E-state index in [-0.39, 0.29) is 6.61 Å². The average Bonchev–Trinajstić information content (AvgIpc) is 2.94. The van der Waals surface area contributed by atoms with Gasteiger partial charge in [0, 0.05) is 12.2 Å². The Morgan fingerprint density at radius 1 is 1.08 bits per heavy atom. The summed E-state index contributed by atoms with van der Waals surface area (Å²) in [5.74, 6) is -0.494. The summed E-state index contributed by atoms with van der Waals surface area (Å²) >= 11 is 0. The fourth-order valence-corrected chi connectivity index (χ4v) is 3.54. The van der Waals surface area contributed by atoms with Crippen molar-refractivity contribution in [3.63, 3.8) is 0 Å². The molecule has 5 heteroatoms. The molecule has 0 aliphatic heterocycles. The van der Waals surface area contributed by atoms with Gasteiger partial charge in [-0.1, -0.05) is 87.9 Å².